The van der Waals surface area contributed by atoms with E-state index in [4.69, 9.17) is 4.84 Å². The van der Waals surface area contributed by atoms with E-state index in [0.717, 1.165) is 35.2 Å². The Kier molecular flexibility index (Phi) is 4.13. The van der Waals surface area contributed by atoms with Crippen molar-refractivity contribution in [2.24, 2.45) is 0 Å². The number of hydrogen-bond donors (Lipinski definition) is 0. The summed E-state index contributed by atoms with van der Waals surface area (Å²) in [6.07, 6.45) is 4.94. The molecule has 0 aliphatic carbocycles. The fourth-order valence-corrected chi connectivity index (χ4v) is 4.13. The zero-order valence-electron chi connectivity index (χ0n) is 9.76. The summed E-state index contributed by atoms with van der Waals surface area (Å²) in [5.74, 6) is 0. The van der Waals surface area contributed by atoms with Gasteiger partial charge in [0.2, 0.25) is 0 Å². The second-order valence-electron chi connectivity index (χ2n) is 3.85. The second-order valence-corrected chi connectivity index (χ2v) is 7.02. The Hall–Kier alpha value is -0.500. The molecular weight excluding hydrogens is 260 g/mol. The minimum Gasteiger partial charge on any atom is -0.284 e. The molecule has 1 aromatic rings. The first-order valence-corrected chi connectivity index (χ1v) is 8.00. The lowest BCUT2D eigenvalue weighted by Gasteiger charge is -2.17. The highest BCUT2D eigenvalue weighted by Crippen LogP contribution is 2.24. The van der Waals surface area contributed by atoms with Crippen LogP contribution in [0.25, 0.3) is 0 Å². The fourth-order valence-electron chi connectivity index (χ4n) is 1.62. The SMILES string of the molecule is CCc1ncc(S(=O)(=O)N2CCCCCO2)s1. The van der Waals surface area contributed by atoms with Crippen molar-refractivity contribution in [1.29, 1.82) is 0 Å². The summed E-state index contributed by atoms with van der Waals surface area (Å²) in [6.45, 7) is 2.86. The van der Waals surface area contributed by atoms with Crippen LogP contribution in [0.4, 0.5) is 0 Å². The molecule has 0 bridgehead atoms. The maximum absolute atomic E-state index is 12.2. The Morgan fingerprint density at radius 1 is 1.47 bits per heavy atom. The molecule has 0 saturated carbocycles. The standard InChI is InChI=1S/C10H16N2O3S2/c1-2-9-11-8-10(16-9)17(13,14)12-6-4-3-5-7-15-12/h8H,2-7H2,1H3. The van der Waals surface area contributed by atoms with E-state index in [0.29, 0.717) is 13.2 Å². The van der Waals surface area contributed by atoms with Crippen LogP contribution in [0.1, 0.15) is 31.2 Å². The molecule has 17 heavy (non-hydrogen) atoms. The van der Waals surface area contributed by atoms with Crippen molar-refractivity contribution < 1.29 is 13.3 Å². The van der Waals surface area contributed by atoms with Gasteiger partial charge in [-0.05, 0) is 25.7 Å². The van der Waals surface area contributed by atoms with Gasteiger partial charge < -0.3 is 0 Å². The maximum atomic E-state index is 12.2. The number of hydroxylamine groups is 1. The van der Waals surface area contributed by atoms with Crippen molar-refractivity contribution in [1.82, 2.24) is 9.45 Å². The zero-order valence-corrected chi connectivity index (χ0v) is 11.4. The quantitative estimate of drug-likeness (QED) is 0.845. The molecule has 0 atom stereocenters. The first-order valence-electron chi connectivity index (χ1n) is 5.75. The molecule has 1 fully saturated rings. The van der Waals surface area contributed by atoms with E-state index in [1.807, 2.05) is 6.92 Å². The third kappa shape index (κ3) is 2.85. The van der Waals surface area contributed by atoms with E-state index in [9.17, 15) is 8.42 Å². The first-order chi connectivity index (χ1) is 8.14. The summed E-state index contributed by atoms with van der Waals surface area (Å²) in [7, 11) is -3.51. The highest BCUT2D eigenvalue weighted by Gasteiger charge is 2.28. The molecule has 2 rings (SSSR count). The van der Waals surface area contributed by atoms with E-state index >= 15 is 0 Å². The average molecular weight is 276 g/mol. The van der Waals surface area contributed by atoms with Crippen LogP contribution < -0.4 is 0 Å². The van der Waals surface area contributed by atoms with Gasteiger partial charge in [0.1, 0.15) is 0 Å². The molecule has 0 radical (unpaired) electrons. The molecule has 1 aromatic heterocycles. The first kappa shape index (κ1) is 12.9. The van der Waals surface area contributed by atoms with Crippen molar-refractivity contribution in [3.63, 3.8) is 0 Å². The normalized spacial score (nSPS) is 19.1. The van der Waals surface area contributed by atoms with E-state index < -0.39 is 10.0 Å². The second kappa shape index (κ2) is 5.43. The predicted octanol–water partition coefficient (Wildman–Crippen LogP) is 1.81. The Labute approximate surface area is 105 Å². The molecule has 1 aliphatic rings. The van der Waals surface area contributed by atoms with E-state index in [-0.39, 0.29) is 4.21 Å². The summed E-state index contributed by atoms with van der Waals surface area (Å²) in [5.41, 5.74) is 0. The van der Waals surface area contributed by atoms with Gasteiger partial charge in [-0.25, -0.2) is 13.4 Å². The van der Waals surface area contributed by atoms with Gasteiger partial charge in [-0.3, -0.25) is 4.84 Å². The van der Waals surface area contributed by atoms with Gasteiger partial charge in [0.15, 0.2) is 4.21 Å². The van der Waals surface area contributed by atoms with Gasteiger partial charge in [0.05, 0.1) is 17.8 Å². The lowest BCUT2D eigenvalue weighted by molar-refractivity contribution is -0.0747. The molecule has 0 unspecified atom stereocenters. The van der Waals surface area contributed by atoms with Crippen LogP contribution >= 0.6 is 11.3 Å². The Balaban J connectivity index is 2.22. The summed E-state index contributed by atoms with van der Waals surface area (Å²) in [4.78, 5) is 9.37. The molecule has 0 aromatic carbocycles. The monoisotopic (exact) mass is 276 g/mol. The van der Waals surface area contributed by atoms with Gasteiger partial charge in [-0.1, -0.05) is 11.4 Å². The third-order valence-corrected chi connectivity index (χ3v) is 5.83. The van der Waals surface area contributed by atoms with Crippen LogP contribution in [0.15, 0.2) is 10.4 Å². The molecular formula is C10H16N2O3S2. The highest BCUT2D eigenvalue weighted by atomic mass is 32.2. The van der Waals surface area contributed by atoms with Crippen LogP contribution in [-0.4, -0.2) is 31.0 Å². The molecule has 1 saturated heterocycles. The molecule has 7 heteroatoms. The van der Waals surface area contributed by atoms with Gasteiger partial charge in [0.25, 0.3) is 10.0 Å². The summed E-state index contributed by atoms with van der Waals surface area (Å²) < 4.78 is 25.9. The number of nitrogens with zero attached hydrogens (tertiary/aromatic N) is 2. The Morgan fingerprint density at radius 3 is 3.00 bits per heavy atom. The number of hydrogen-bond acceptors (Lipinski definition) is 5. The number of rotatable bonds is 3. The summed E-state index contributed by atoms with van der Waals surface area (Å²) in [5, 5.41) is 0.832. The number of aromatic nitrogens is 1. The summed E-state index contributed by atoms with van der Waals surface area (Å²) in [6, 6.07) is 0. The van der Waals surface area contributed by atoms with Crippen molar-refractivity contribution in [3.05, 3.63) is 11.2 Å². The Morgan fingerprint density at radius 2 is 2.29 bits per heavy atom. The van der Waals surface area contributed by atoms with Crippen LogP contribution in [0.2, 0.25) is 0 Å². The average Bonchev–Trinajstić information content (AvgIpc) is 2.64. The van der Waals surface area contributed by atoms with Crippen molar-refractivity contribution in [2.75, 3.05) is 13.2 Å². The Bertz CT molecular complexity index is 462. The molecule has 96 valence electrons. The predicted molar refractivity (Wildman–Crippen MR) is 65.2 cm³/mol. The van der Waals surface area contributed by atoms with Crippen LogP contribution in [0.3, 0.4) is 0 Å². The van der Waals surface area contributed by atoms with E-state index in [2.05, 4.69) is 4.98 Å². The van der Waals surface area contributed by atoms with Gasteiger partial charge in [0, 0.05) is 6.54 Å². The van der Waals surface area contributed by atoms with Gasteiger partial charge in [-0.15, -0.1) is 11.3 Å². The van der Waals surface area contributed by atoms with Crippen LogP contribution in [-0.2, 0) is 21.3 Å². The molecule has 0 amide bonds. The number of sulfonamides is 1. The lowest BCUT2D eigenvalue weighted by atomic mass is 10.2. The third-order valence-electron chi connectivity index (χ3n) is 2.58. The minimum absolute atomic E-state index is 0.274. The minimum atomic E-state index is -3.51. The largest absolute Gasteiger partial charge is 0.284 e. The summed E-state index contributed by atoms with van der Waals surface area (Å²) >= 11 is 1.22. The van der Waals surface area contributed by atoms with E-state index in [1.54, 1.807) is 0 Å². The van der Waals surface area contributed by atoms with Crippen molar-refractivity contribution in [3.8, 4) is 0 Å². The number of aryl methyl sites for hydroxylation is 1. The molecule has 1 aliphatic heterocycles. The van der Waals surface area contributed by atoms with Crippen molar-refractivity contribution >= 4 is 21.4 Å². The molecule has 0 spiro atoms. The lowest BCUT2D eigenvalue weighted by Crippen LogP contribution is -2.30. The topological polar surface area (TPSA) is 59.5 Å². The van der Waals surface area contributed by atoms with Crippen molar-refractivity contribution in [2.45, 2.75) is 36.8 Å². The highest BCUT2D eigenvalue weighted by molar-refractivity contribution is 7.91. The fraction of sp³-hybridized carbons (Fsp3) is 0.700. The molecule has 0 N–H and O–H groups in total. The smallest absolute Gasteiger partial charge is 0.276 e. The van der Waals surface area contributed by atoms with Gasteiger partial charge >= 0.3 is 0 Å². The van der Waals surface area contributed by atoms with Gasteiger partial charge in [-0.2, -0.15) is 0 Å². The van der Waals surface area contributed by atoms with Crippen LogP contribution in [0, 0.1) is 0 Å². The van der Waals surface area contributed by atoms with Crippen LogP contribution in [0.5, 0.6) is 0 Å². The maximum Gasteiger partial charge on any atom is 0.276 e. The number of thiazole rings is 1. The molecule has 5 nitrogen and oxygen atoms in total. The van der Waals surface area contributed by atoms with E-state index in [1.165, 1.54) is 17.5 Å². The molecule has 2 heterocycles. The zero-order chi connectivity index (χ0) is 12.3.